The molecule has 23 heavy (non-hydrogen) atoms. The highest BCUT2D eigenvalue weighted by molar-refractivity contribution is 7.09. The summed E-state index contributed by atoms with van der Waals surface area (Å²) >= 11 is 1.52. The zero-order valence-electron chi connectivity index (χ0n) is 12.6. The lowest BCUT2D eigenvalue weighted by atomic mass is 10.3. The van der Waals surface area contributed by atoms with E-state index in [-0.39, 0.29) is 5.91 Å². The topological polar surface area (TPSA) is 79.9 Å². The maximum atomic E-state index is 12.1. The number of carbonyl (C=O) groups excluding carboxylic acids is 1. The molecule has 1 aromatic carbocycles. The molecule has 1 amide bonds. The number of aryl methyl sites for hydroxylation is 1. The minimum Gasteiger partial charge on any atom is -0.487 e. The quantitative estimate of drug-likeness (QED) is 0.729. The van der Waals surface area contributed by atoms with Gasteiger partial charge in [0.05, 0.1) is 12.2 Å². The van der Waals surface area contributed by atoms with Gasteiger partial charge in [-0.15, -0.1) is 11.3 Å². The van der Waals surface area contributed by atoms with Crippen molar-refractivity contribution in [3.05, 3.63) is 63.9 Å². The van der Waals surface area contributed by atoms with Crippen LogP contribution in [0.2, 0.25) is 0 Å². The molecule has 118 valence electrons. The monoisotopic (exact) mass is 328 g/mol. The first-order chi connectivity index (χ1) is 11.2. The molecular formula is C16H16N4O2S. The van der Waals surface area contributed by atoms with Crippen LogP contribution in [-0.2, 0) is 13.2 Å². The van der Waals surface area contributed by atoms with E-state index >= 15 is 0 Å². The standard InChI is InChI=1S/C16H16N4O2S/c1-11-10-23-15(18-11)8-17-16(21)14-7-12(19-20-14)9-22-13-5-3-2-4-6-13/h2-7,10H,8-9H2,1H3,(H,17,21)(H,19,20). The first-order valence-electron chi connectivity index (χ1n) is 7.12. The van der Waals surface area contributed by atoms with Crippen molar-refractivity contribution < 1.29 is 9.53 Å². The number of aromatic nitrogens is 3. The van der Waals surface area contributed by atoms with E-state index in [1.807, 2.05) is 42.6 Å². The fraction of sp³-hybridized carbons (Fsp3) is 0.188. The highest BCUT2D eigenvalue weighted by atomic mass is 32.1. The fourth-order valence-corrected chi connectivity index (χ4v) is 2.67. The summed E-state index contributed by atoms with van der Waals surface area (Å²) in [4.78, 5) is 16.4. The number of carbonyl (C=O) groups is 1. The van der Waals surface area contributed by atoms with Crippen LogP contribution in [0.4, 0.5) is 0 Å². The predicted molar refractivity (Wildman–Crippen MR) is 87.4 cm³/mol. The number of rotatable bonds is 6. The minimum atomic E-state index is -0.236. The Balaban J connectivity index is 1.52. The molecule has 0 aliphatic carbocycles. The lowest BCUT2D eigenvalue weighted by Crippen LogP contribution is -2.23. The molecule has 0 fully saturated rings. The first-order valence-corrected chi connectivity index (χ1v) is 8.00. The van der Waals surface area contributed by atoms with Gasteiger partial charge in [-0.25, -0.2) is 4.98 Å². The number of nitrogens with one attached hydrogen (secondary N) is 2. The van der Waals surface area contributed by atoms with Gasteiger partial charge < -0.3 is 10.1 Å². The van der Waals surface area contributed by atoms with E-state index in [2.05, 4.69) is 20.5 Å². The molecule has 0 saturated heterocycles. The summed E-state index contributed by atoms with van der Waals surface area (Å²) in [5.41, 5.74) is 2.04. The zero-order chi connectivity index (χ0) is 16.1. The van der Waals surface area contributed by atoms with E-state index < -0.39 is 0 Å². The Hall–Kier alpha value is -2.67. The van der Waals surface area contributed by atoms with Crippen LogP contribution in [0.15, 0.2) is 41.8 Å². The average molecular weight is 328 g/mol. The number of nitrogens with zero attached hydrogens (tertiary/aromatic N) is 2. The third kappa shape index (κ3) is 4.17. The third-order valence-electron chi connectivity index (χ3n) is 3.07. The molecule has 0 bridgehead atoms. The molecule has 2 heterocycles. The SMILES string of the molecule is Cc1csc(CNC(=O)c2cc(COc3ccccc3)[nH]n2)n1. The van der Waals surface area contributed by atoms with Gasteiger partial charge in [-0.05, 0) is 25.1 Å². The fourth-order valence-electron chi connectivity index (χ4n) is 1.96. The molecule has 2 aromatic heterocycles. The maximum Gasteiger partial charge on any atom is 0.272 e. The van der Waals surface area contributed by atoms with E-state index in [0.717, 1.165) is 22.1 Å². The number of H-pyrrole nitrogens is 1. The Labute approximate surface area is 137 Å². The number of aromatic amines is 1. The van der Waals surface area contributed by atoms with E-state index in [4.69, 9.17) is 4.74 Å². The Morgan fingerprint density at radius 1 is 1.35 bits per heavy atom. The summed E-state index contributed by atoms with van der Waals surface area (Å²) in [6.07, 6.45) is 0. The van der Waals surface area contributed by atoms with Crippen molar-refractivity contribution in [2.24, 2.45) is 0 Å². The number of hydrogen-bond donors (Lipinski definition) is 2. The Morgan fingerprint density at radius 3 is 2.91 bits per heavy atom. The van der Waals surface area contributed by atoms with Gasteiger partial charge >= 0.3 is 0 Å². The number of hydrogen-bond acceptors (Lipinski definition) is 5. The maximum absolute atomic E-state index is 12.1. The molecule has 0 radical (unpaired) electrons. The molecule has 2 N–H and O–H groups in total. The molecule has 0 saturated carbocycles. The van der Waals surface area contributed by atoms with Crippen LogP contribution in [0.1, 0.15) is 26.9 Å². The van der Waals surface area contributed by atoms with E-state index in [1.165, 1.54) is 11.3 Å². The minimum absolute atomic E-state index is 0.236. The highest BCUT2D eigenvalue weighted by Gasteiger charge is 2.11. The number of benzene rings is 1. The summed E-state index contributed by atoms with van der Waals surface area (Å²) in [5.74, 6) is 0.535. The number of amides is 1. The van der Waals surface area contributed by atoms with Crippen LogP contribution in [0, 0.1) is 6.92 Å². The van der Waals surface area contributed by atoms with Crippen molar-refractivity contribution >= 4 is 17.2 Å². The zero-order valence-corrected chi connectivity index (χ0v) is 13.4. The van der Waals surface area contributed by atoms with Crippen molar-refractivity contribution in [3.63, 3.8) is 0 Å². The Bertz CT molecular complexity index is 782. The summed E-state index contributed by atoms with van der Waals surface area (Å²) in [6.45, 7) is 2.66. The predicted octanol–water partition coefficient (Wildman–Crippen LogP) is 2.68. The van der Waals surface area contributed by atoms with Gasteiger partial charge in [-0.2, -0.15) is 5.10 Å². The van der Waals surface area contributed by atoms with Crippen LogP contribution >= 0.6 is 11.3 Å². The highest BCUT2D eigenvalue weighted by Crippen LogP contribution is 2.11. The third-order valence-corrected chi connectivity index (χ3v) is 4.03. The van der Waals surface area contributed by atoms with Crippen LogP contribution in [0.5, 0.6) is 5.75 Å². The van der Waals surface area contributed by atoms with Crippen LogP contribution < -0.4 is 10.1 Å². The Kier molecular flexibility index (Phi) is 4.68. The molecule has 6 nitrogen and oxygen atoms in total. The summed E-state index contributed by atoms with van der Waals surface area (Å²) in [5, 5.41) is 12.5. The number of para-hydroxylation sites is 1. The summed E-state index contributed by atoms with van der Waals surface area (Å²) in [7, 11) is 0. The van der Waals surface area contributed by atoms with Gasteiger partial charge in [0.2, 0.25) is 0 Å². The van der Waals surface area contributed by atoms with Gasteiger partial charge in [0.25, 0.3) is 5.91 Å². The van der Waals surface area contributed by atoms with Crippen LogP contribution in [-0.4, -0.2) is 21.1 Å². The van der Waals surface area contributed by atoms with Gasteiger partial charge in [-0.1, -0.05) is 18.2 Å². The van der Waals surface area contributed by atoms with Crippen LogP contribution in [0.25, 0.3) is 0 Å². The van der Waals surface area contributed by atoms with Crippen molar-refractivity contribution in [1.29, 1.82) is 0 Å². The van der Waals surface area contributed by atoms with E-state index in [9.17, 15) is 4.79 Å². The molecule has 0 spiro atoms. The molecular weight excluding hydrogens is 312 g/mol. The van der Waals surface area contributed by atoms with E-state index in [1.54, 1.807) is 6.07 Å². The van der Waals surface area contributed by atoms with Gasteiger partial charge in [0.15, 0.2) is 0 Å². The van der Waals surface area contributed by atoms with E-state index in [0.29, 0.717) is 18.8 Å². The molecule has 0 atom stereocenters. The van der Waals surface area contributed by atoms with Gasteiger partial charge in [-0.3, -0.25) is 9.89 Å². The first kappa shape index (κ1) is 15.2. The molecule has 0 unspecified atom stereocenters. The van der Waals surface area contributed by atoms with Crippen LogP contribution in [0.3, 0.4) is 0 Å². The molecule has 0 aliphatic heterocycles. The molecule has 3 aromatic rings. The van der Waals surface area contributed by atoms with Crippen molar-refractivity contribution in [1.82, 2.24) is 20.5 Å². The second kappa shape index (κ2) is 7.06. The van der Waals surface area contributed by atoms with Gasteiger partial charge in [0, 0.05) is 11.1 Å². The summed E-state index contributed by atoms with van der Waals surface area (Å²) in [6, 6.07) is 11.2. The second-order valence-electron chi connectivity index (χ2n) is 4.95. The molecule has 3 rings (SSSR count). The smallest absolute Gasteiger partial charge is 0.272 e. The van der Waals surface area contributed by atoms with Crippen molar-refractivity contribution in [2.45, 2.75) is 20.1 Å². The van der Waals surface area contributed by atoms with Gasteiger partial charge in [0.1, 0.15) is 23.1 Å². The number of ether oxygens (including phenoxy) is 1. The van der Waals surface area contributed by atoms with Crippen molar-refractivity contribution in [2.75, 3.05) is 0 Å². The lowest BCUT2D eigenvalue weighted by Gasteiger charge is -2.03. The average Bonchev–Trinajstić information content (AvgIpc) is 3.21. The number of thiazole rings is 1. The Morgan fingerprint density at radius 2 is 2.17 bits per heavy atom. The largest absolute Gasteiger partial charge is 0.487 e. The lowest BCUT2D eigenvalue weighted by molar-refractivity contribution is 0.0946. The molecule has 7 heteroatoms. The molecule has 0 aliphatic rings. The van der Waals surface area contributed by atoms with Crippen molar-refractivity contribution in [3.8, 4) is 5.75 Å². The normalized spacial score (nSPS) is 10.5. The summed E-state index contributed by atoms with van der Waals surface area (Å²) < 4.78 is 5.61. The second-order valence-corrected chi connectivity index (χ2v) is 5.89.